The number of hydrogen-bond acceptors (Lipinski definition) is 5. The standard InChI is InChI=1S/C17H25ClN2O4/c1-23-14-8-12(7-13(18)16(14)24-10-15(19)21)9-20-11-17(22)5-3-2-4-6-17/h7-8,20,22H,2-6,9-11H2,1H3,(H2,19,21). The van der Waals surface area contributed by atoms with Crippen molar-refractivity contribution in [3.63, 3.8) is 0 Å². The predicted octanol–water partition coefficient (Wildman–Crippen LogP) is 2.00. The molecule has 1 saturated carbocycles. The van der Waals surface area contributed by atoms with Gasteiger partial charge in [-0.15, -0.1) is 0 Å². The van der Waals surface area contributed by atoms with E-state index in [2.05, 4.69) is 5.32 Å². The van der Waals surface area contributed by atoms with Crippen LogP contribution in [0.5, 0.6) is 11.5 Å². The molecule has 134 valence electrons. The Kier molecular flexibility index (Phi) is 6.71. The summed E-state index contributed by atoms with van der Waals surface area (Å²) in [6.45, 7) is 0.835. The van der Waals surface area contributed by atoms with Crippen LogP contribution in [0.1, 0.15) is 37.7 Å². The molecule has 1 amide bonds. The van der Waals surface area contributed by atoms with E-state index < -0.39 is 11.5 Å². The van der Waals surface area contributed by atoms with Crippen molar-refractivity contribution in [3.05, 3.63) is 22.7 Å². The summed E-state index contributed by atoms with van der Waals surface area (Å²) >= 11 is 6.22. The Hall–Kier alpha value is -1.50. The van der Waals surface area contributed by atoms with Crippen LogP contribution >= 0.6 is 11.6 Å². The predicted molar refractivity (Wildman–Crippen MR) is 92.4 cm³/mol. The molecule has 2 rings (SSSR count). The van der Waals surface area contributed by atoms with Crippen molar-refractivity contribution in [1.29, 1.82) is 0 Å². The third-order valence-electron chi connectivity index (χ3n) is 4.22. The highest BCUT2D eigenvalue weighted by atomic mass is 35.5. The summed E-state index contributed by atoms with van der Waals surface area (Å²) in [5.74, 6) is 0.157. The van der Waals surface area contributed by atoms with Crippen molar-refractivity contribution < 1.29 is 19.4 Å². The summed E-state index contributed by atoms with van der Waals surface area (Å²) in [7, 11) is 1.50. The first kappa shape index (κ1) is 18.8. The Labute approximate surface area is 147 Å². The maximum atomic E-state index is 10.9. The molecule has 0 saturated heterocycles. The number of hydrogen-bond donors (Lipinski definition) is 3. The minimum atomic E-state index is -0.614. The third-order valence-corrected chi connectivity index (χ3v) is 4.50. The minimum absolute atomic E-state index is 0.263. The molecule has 1 fully saturated rings. The minimum Gasteiger partial charge on any atom is -0.493 e. The molecule has 0 atom stereocenters. The van der Waals surface area contributed by atoms with Crippen LogP contribution in [0.3, 0.4) is 0 Å². The highest BCUT2D eigenvalue weighted by Gasteiger charge is 2.28. The number of carbonyl (C=O) groups is 1. The van der Waals surface area contributed by atoms with Gasteiger partial charge in [-0.2, -0.15) is 0 Å². The molecule has 0 aliphatic heterocycles. The zero-order chi connectivity index (χ0) is 17.6. The van der Waals surface area contributed by atoms with Gasteiger partial charge >= 0.3 is 0 Å². The Bertz CT molecular complexity index is 574. The van der Waals surface area contributed by atoms with Gasteiger partial charge in [0, 0.05) is 13.1 Å². The summed E-state index contributed by atoms with van der Waals surface area (Å²) in [6.07, 6.45) is 5.02. The molecule has 1 aliphatic carbocycles. The SMILES string of the molecule is COc1cc(CNCC2(O)CCCCC2)cc(Cl)c1OCC(N)=O. The average Bonchev–Trinajstić information content (AvgIpc) is 2.53. The van der Waals surface area contributed by atoms with Crippen molar-refractivity contribution in [2.45, 2.75) is 44.2 Å². The van der Waals surface area contributed by atoms with Gasteiger partial charge in [0.15, 0.2) is 18.1 Å². The van der Waals surface area contributed by atoms with Crippen molar-refractivity contribution in [2.75, 3.05) is 20.3 Å². The Balaban J connectivity index is 1.97. The van der Waals surface area contributed by atoms with E-state index in [1.54, 1.807) is 12.1 Å². The van der Waals surface area contributed by atoms with Gasteiger partial charge < -0.3 is 25.6 Å². The smallest absolute Gasteiger partial charge is 0.255 e. The average molecular weight is 357 g/mol. The fourth-order valence-electron chi connectivity index (χ4n) is 2.98. The maximum Gasteiger partial charge on any atom is 0.255 e. The number of amides is 1. The molecule has 1 aromatic rings. The van der Waals surface area contributed by atoms with Crippen molar-refractivity contribution in [3.8, 4) is 11.5 Å². The molecule has 24 heavy (non-hydrogen) atoms. The summed E-state index contributed by atoms with van der Waals surface area (Å²) in [6, 6.07) is 3.54. The number of nitrogens with one attached hydrogen (secondary N) is 1. The van der Waals surface area contributed by atoms with E-state index in [1.165, 1.54) is 13.5 Å². The topological polar surface area (TPSA) is 93.8 Å². The molecule has 6 nitrogen and oxygen atoms in total. The lowest BCUT2D eigenvalue weighted by Gasteiger charge is -2.32. The van der Waals surface area contributed by atoms with E-state index >= 15 is 0 Å². The largest absolute Gasteiger partial charge is 0.493 e. The van der Waals surface area contributed by atoms with Gasteiger partial charge in [0.1, 0.15) is 0 Å². The van der Waals surface area contributed by atoms with E-state index in [0.29, 0.717) is 29.6 Å². The lowest BCUT2D eigenvalue weighted by atomic mass is 9.85. The molecule has 0 bridgehead atoms. The highest BCUT2D eigenvalue weighted by molar-refractivity contribution is 6.32. The van der Waals surface area contributed by atoms with Crippen LogP contribution in [-0.4, -0.2) is 36.9 Å². The van der Waals surface area contributed by atoms with Gasteiger partial charge in [-0.3, -0.25) is 4.79 Å². The molecule has 4 N–H and O–H groups in total. The lowest BCUT2D eigenvalue weighted by Crippen LogP contribution is -2.41. The summed E-state index contributed by atoms with van der Waals surface area (Å²) in [5, 5.41) is 14.1. The zero-order valence-corrected chi connectivity index (χ0v) is 14.7. The lowest BCUT2D eigenvalue weighted by molar-refractivity contribution is -0.119. The number of rotatable bonds is 8. The quantitative estimate of drug-likeness (QED) is 0.662. The zero-order valence-electron chi connectivity index (χ0n) is 13.9. The number of primary amides is 1. The van der Waals surface area contributed by atoms with Crippen molar-refractivity contribution >= 4 is 17.5 Å². The Morgan fingerprint density at radius 3 is 2.71 bits per heavy atom. The first-order chi connectivity index (χ1) is 11.4. The molecule has 0 spiro atoms. The molecule has 1 aromatic carbocycles. The number of methoxy groups -OCH3 is 1. The fraction of sp³-hybridized carbons (Fsp3) is 0.588. The second-order valence-electron chi connectivity index (χ2n) is 6.25. The summed E-state index contributed by atoms with van der Waals surface area (Å²) < 4.78 is 10.6. The van der Waals surface area contributed by atoms with Gasteiger partial charge in [-0.25, -0.2) is 0 Å². The first-order valence-electron chi connectivity index (χ1n) is 8.14. The monoisotopic (exact) mass is 356 g/mol. The molecule has 0 unspecified atom stereocenters. The fourth-order valence-corrected chi connectivity index (χ4v) is 3.27. The Morgan fingerprint density at radius 2 is 2.08 bits per heavy atom. The Morgan fingerprint density at radius 1 is 1.38 bits per heavy atom. The number of nitrogens with two attached hydrogens (primary N) is 1. The summed E-state index contributed by atoms with van der Waals surface area (Å²) in [5.41, 5.74) is 5.37. The van der Waals surface area contributed by atoms with Crippen LogP contribution in [-0.2, 0) is 11.3 Å². The van der Waals surface area contributed by atoms with Gasteiger partial charge in [0.2, 0.25) is 0 Å². The first-order valence-corrected chi connectivity index (χ1v) is 8.52. The van der Waals surface area contributed by atoms with Crippen LogP contribution in [0.4, 0.5) is 0 Å². The van der Waals surface area contributed by atoms with Gasteiger partial charge in [-0.05, 0) is 30.5 Å². The molecule has 0 radical (unpaired) electrons. The van der Waals surface area contributed by atoms with Crippen LogP contribution < -0.4 is 20.5 Å². The van der Waals surface area contributed by atoms with E-state index in [4.69, 9.17) is 26.8 Å². The maximum absolute atomic E-state index is 10.9. The normalized spacial score (nSPS) is 16.6. The molecule has 1 aliphatic rings. The number of carbonyl (C=O) groups excluding carboxylic acids is 1. The number of aliphatic hydroxyl groups is 1. The molecule has 7 heteroatoms. The number of ether oxygens (including phenoxy) is 2. The van der Waals surface area contributed by atoms with Gasteiger partial charge in [0.05, 0.1) is 17.7 Å². The third kappa shape index (κ3) is 5.26. The van der Waals surface area contributed by atoms with E-state index in [0.717, 1.165) is 31.2 Å². The van der Waals surface area contributed by atoms with E-state index in [9.17, 15) is 9.90 Å². The number of benzene rings is 1. The second kappa shape index (κ2) is 8.55. The number of halogens is 1. The summed E-state index contributed by atoms with van der Waals surface area (Å²) in [4.78, 5) is 10.9. The van der Waals surface area contributed by atoms with Crippen LogP contribution in [0.15, 0.2) is 12.1 Å². The van der Waals surface area contributed by atoms with Crippen LogP contribution in [0, 0.1) is 0 Å². The van der Waals surface area contributed by atoms with Gasteiger partial charge in [-0.1, -0.05) is 30.9 Å². The van der Waals surface area contributed by atoms with E-state index in [1.807, 2.05) is 0 Å². The van der Waals surface area contributed by atoms with Crippen LogP contribution in [0.25, 0.3) is 0 Å². The molecule has 0 heterocycles. The van der Waals surface area contributed by atoms with Crippen molar-refractivity contribution in [2.24, 2.45) is 5.73 Å². The second-order valence-corrected chi connectivity index (χ2v) is 6.66. The molecular formula is C17H25ClN2O4. The van der Waals surface area contributed by atoms with E-state index in [-0.39, 0.29) is 6.61 Å². The molecule has 0 aromatic heterocycles. The van der Waals surface area contributed by atoms with Crippen LogP contribution in [0.2, 0.25) is 5.02 Å². The van der Waals surface area contributed by atoms with Crippen molar-refractivity contribution in [1.82, 2.24) is 5.32 Å². The van der Waals surface area contributed by atoms with Gasteiger partial charge in [0.25, 0.3) is 5.91 Å². The highest BCUT2D eigenvalue weighted by Crippen LogP contribution is 2.36. The molecular weight excluding hydrogens is 332 g/mol.